The third kappa shape index (κ3) is 4.34. The summed E-state index contributed by atoms with van der Waals surface area (Å²) < 4.78 is 13.0. The van der Waals surface area contributed by atoms with Gasteiger partial charge in [-0.15, -0.1) is 0 Å². The number of carbonyl (C=O) groups excluding carboxylic acids is 2. The van der Waals surface area contributed by atoms with Crippen molar-refractivity contribution in [1.82, 2.24) is 0 Å². The number of benzene rings is 1. The molecule has 0 spiro atoms. The summed E-state index contributed by atoms with van der Waals surface area (Å²) >= 11 is 0. The molecule has 1 rings (SSSR count). The number of rotatable bonds is 3. The highest BCUT2D eigenvalue weighted by Crippen LogP contribution is 2.11. The lowest BCUT2D eigenvalue weighted by Crippen LogP contribution is -2.05. The van der Waals surface area contributed by atoms with E-state index in [0.717, 1.165) is 0 Å². The minimum Gasteiger partial charge on any atom is -0.300 e. The van der Waals surface area contributed by atoms with Gasteiger partial charge in [0, 0.05) is 5.56 Å². The minimum atomic E-state index is -0.417. The number of halogens is 1. The molecule has 0 amide bonds. The van der Waals surface area contributed by atoms with E-state index < -0.39 is 5.82 Å². The summed E-state index contributed by atoms with van der Waals surface area (Å²) in [5.74, 6) is -0.966. The molecule has 88 valence electrons. The third-order valence-electron chi connectivity index (χ3n) is 1.90. The number of hydrogen-bond acceptors (Lipinski definition) is 2. The molecular weight excluding hydrogens is 207 g/mol. The number of carbonyl (C=O) groups is 2. The maximum Gasteiger partial charge on any atom is 0.170 e. The molecule has 0 saturated heterocycles. The van der Waals surface area contributed by atoms with Crippen molar-refractivity contribution in [3.8, 4) is 0 Å². The first-order valence-electron chi connectivity index (χ1n) is 5.29. The van der Waals surface area contributed by atoms with Gasteiger partial charge in [0.25, 0.3) is 0 Å². The highest BCUT2D eigenvalue weighted by molar-refractivity contribution is 6.07. The molecule has 0 aliphatic heterocycles. The quantitative estimate of drug-likeness (QED) is 0.583. The molecule has 0 radical (unpaired) electrons. The summed E-state index contributed by atoms with van der Waals surface area (Å²) in [5, 5.41) is 0. The van der Waals surface area contributed by atoms with E-state index in [9.17, 15) is 14.0 Å². The van der Waals surface area contributed by atoms with Gasteiger partial charge < -0.3 is 0 Å². The van der Waals surface area contributed by atoms with Gasteiger partial charge in [-0.2, -0.15) is 0 Å². The van der Waals surface area contributed by atoms with Crippen LogP contribution in [-0.4, -0.2) is 11.6 Å². The van der Waals surface area contributed by atoms with Gasteiger partial charge >= 0.3 is 0 Å². The van der Waals surface area contributed by atoms with Crippen LogP contribution in [0.3, 0.4) is 0 Å². The van der Waals surface area contributed by atoms with Crippen molar-refractivity contribution in [3.05, 3.63) is 35.1 Å². The van der Waals surface area contributed by atoms with Crippen LogP contribution in [0.25, 0.3) is 0 Å². The van der Waals surface area contributed by atoms with E-state index in [1.807, 2.05) is 13.8 Å². The lowest BCUT2D eigenvalue weighted by atomic mass is 10.0. The van der Waals surface area contributed by atoms with E-state index in [0.29, 0.717) is 5.56 Å². The largest absolute Gasteiger partial charge is 0.300 e. The van der Waals surface area contributed by atoms with Crippen LogP contribution < -0.4 is 0 Å². The molecule has 0 atom stereocenters. The Morgan fingerprint density at radius 3 is 2.25 bits per heavy atom. The second-order valence-corrected chi connectivity index (χ2v) is 3.27. The highest BCUT2D eigenvalue weighted by atomic mass is 19.1. The molecule has 0 aliphatic rings. The van der Waals surface area contributed by atoms with Crippen LogP contribution in [0.15, 0.2) is 18.2 Å². The number of ketones is 2. The van der Waals surface area contributed by atoms with E-state index in [-0.39, 0.29) is 23.6 Å². The molecule has 1 aromatic carbocycles. The van der Waals surface area contributed by atoms with Gasteiger partial charge in [0.2, 0.25) is 0 Å². The Morgan fingerprint density at radius 2 is 1.81 bits per heavy atom. The Morgan fingerprint density at radius 1 is 1.25 bits per heavy atom. The highest BCUT2D eigenvalue weighted by Gasteiger charge is 2.09. The van der Waals surface area contributed by atoms with Crippen LogP contribution >= 0.6 is 0 Å². The van der Waals surface area contributed by atoms with Crippen LogP contribution in [0, 0.1) is 12.7 Å². The van der Waals surface area contributed by atoms with Crippen LogP contribution in [0.4, 0.5) is 4.39 Å². The van der Waals surface area contributed by atoms with Crippen molar-refractivity contribution in [2.45, 2.75) is 34.1 Å². The van der Waals surface area contributed by atoms with Crippen molar-refractivity contribution in [3.63, 3.8) is 0 Å². The van der Waals surface area contributed by atoms with E-state index in [1.54, 1.807) is 6.92 Å². The fraction of sp³-hybridized carbons (Fsp3) is 0.385. The zero-order valence-electron chi connectivity index (χ0n) is 10.1. The summed E-state index contributed by atoms with van der Waals surface area (Å²) in [6.07, 6.45) is -0.164. The third-order valence-corrected chi connectivity index (χ3v) is 1.90. The maximum absolute atomic E-state index is 13.0. The van der Waals surface area contributed by atoms with Crippen molar-refractivity contribution in [2.75, 3.05) is 0 Å². The topological polar surface area (TPSA) is 34.1 Å². The lowest BCUT2D eigenvalue weighted by molar-refractivity contribution is -0.116. The molecule has 3 heteroatoms. The van der Waals surface area contributed by atoms with Crippen LogP contribution in [0.5, 0.6) is 0 Å². The molecule has 0 saturated carbocycles. The van der Waals surface area contributed by atoms with Crippen molar-refractivity contribution in [1.29, 1.82) is 0 Å². The Hall–Kier alpha value is -1.51. The molecule has 0 heterocycles. The molecule has 0 aromatic heterocycles. The van der Waals surface area contributed by atoms with Gasteiger partial charge in [-0.05, 0) is 25.5 Å². The van der Waals surface area contributed by atoms with Gasteiger partial charge in [-0.1, -0.05) is 26.0 Å². The van der Waals surface area contributed by atoms with Gasteiger partial charge in [0.1, 0.15) is 11.6 Å². The lowest BCUT2D eigenvalue weighted by Gasteiger charge is -2.00. The average Bonchev–Trinajstić information content (AvgIpc) is 2.24. The molecule has 1 aromatic rings. The molecule has 0 bridgehead atoms. The van der Waals surface area contributed by atoms with E-state index in [1.165, 1.54) is 25.1 Å². The molecular formula is C13H17FO2. The second kappa shape index (κ2) is 6.88. The molecule has 2 nitrogen and oxygen atoms in total. The Bertz CT molecular complexity index is 384. The van der Waals surface area contributed by atoms with E-state index >= 15 is 0 Å². The summed E-state index contributed by atoms with van der Waals surface area (Å²) in [7, 11) is 0. The molecule has 0 fully saturated rings. The van der Waals surface area contributed by atoms with Gasteiger partial charge in [0.05, 0.1) is 6.42 Å². The maximum atomic E-state index is 13.0. The monoisotopic (exact) mass is 224 g/mol. The van der Waals surface area contributed by atoms with Crippen molar-refractivity contribution < 1.29 is 14.0 Å². The van der Waals surface area contributed by atoms with Crippen molar-refractivity contribution >= 4 is 11.6 Å². The van der Waals surface area contributed by atoms with Crippen LogP contribution in [-0.2, 0) is 4.79 Å². The molecule has 16 heavy (non-hydrogen) atoms. The number of Topliss-reactive ketones (excluding diaryl/α,β-unsaturated/α-hetero) is 2. The zero-order valence-corrected chi connectivity index (χ0v) is 10.1. The summed E-state index contributed by atoms with van der Waals surface area (Å²) in [4.78, 5) is 22.0. The zero-order chi connectivity index (χ0) is 12.7. The Kier molecular flexibility index (Phi) is 6.23. The van der Waals surface area contributed by atoms with Gasteiger partial charge in [0.15, 0.2) is 5.78 Å². The summed E-state index contributed by atoms with van der Waals surface area (Å²) in [6, 6.07) is 4.23. The standard InChI is InChI=1S/C11H11FO2.C2H6/c1-7-3-4-9(6-10(7)12)11(14)5-8(2)13;1-2/h3-4,6H,5H2,1-2H3;1-2H3. The Labute approximate surface area is 95.5 Å². The molecule has 0 aliphatic carbocycles. The van der Waals surface area contributed by atoms with Crippen LogP contribution in [0.1, 0.15) is 43.1 Å². The predicted molar refractivity (Wildman–Crippen MR) is 62.1 cm³/mol. The van der Waals surface area contributed by atoms with Gasteiger partial charge in [-0.25, -0.2) is 4.39 Å². The number of hydrogen-bond donors (Lipinski definition) is 0. The first kappa shape index (κ1) is 14.5. The molecule has 0 N–H and O–H groups in total. The SMILES string of the molecule is CC.CC(=O)CC(=O)c1ccc(C)c(F)c1. The average molecular weight is 224 g/mol. The first-order valence-corrected chi connectivity index (χ1v) is 5.29. The normalized spacial score (nSPS) is 9.06. The first-order chi connectivity index (χ1) is 7.50. The summed E-state index contributed by atoms with van der Waals surface area (Å²) in [5.41, 5.74) is 0.743. The predicted octanol–water partition coefficient (Wildman–Crippen LogP) is 3.32. The fourth-order valence-corrected chi connectivity index (χ4v) is 1.09. The number of aryl methyl sites for hydroxylation is 1. The second-order valence-electron chi connectivity index (χ2n) is 3.27. The van der Waals surface area contributed by atoms with E-state index in [2.05, 4.69) is 0 Å². The van der Waals surface area contributed by atoms with Crippen LogP contribution in [0.2, 0.25) is 0 Å². The fourth-order valence-electron chi connectivity index (χ4n) is 1.09. The van der Waals surface area contributed by atoms with Gasteiger partial charge in [-0.3, -0.25) is 9.59 Å². The molecule has 0 unspecified atom stereocenters. The summed E-state index contributed by atoms with van der Waals surface area (Å²) in [6.45, 7) is 6.96. The smallest absolute Gasteiger partial charge is 0.170 e. The van der Waals surface area contributed by atoms with Crippen molar-refractivity contribution in [2.24, 2.45) is 0 Å². The Balaban J connectivity index is 0.00000106. The van der Waals surface area contributed by atoms with E-state index in [4.69, 9.17) is 0 Å². The minimum absolute atomic E-state index is 0.164.